The van der Waals surface area contributed by atoms with Crippen LogP contribution in [0.5, 0.6) is 0 Å². The number of hydrogen-bond donors (Lipinski definition) is 0. The van der Waals surface area contributed by atoms with Crippen molar-refractivity contribution in [3.8, 4) is 90.3 Å². The molecular formula is C62H41N5O. The summed E-state index contributed by atoms with van der Waals surface area (Å²) in [7, 11) is 0. The molecular weight excluding hydrogens is 831 g/mol. The summed E-state index contributed by atoms with van der Waals surface area (Å²) in [5, 5.41) is 4.46. The van der Waals surface area contributed by atoms with Gasteiger partial charge in [-0.05, 0) is 92.7 Å². The SMILES string of the molecule is CC1(C)c2ccccc2-c2ccc(-c3nc(-c4ccccc4)cc(-c4cccc(-c5cccc(-c6nc(-c7ccccc7)nc(-c7ccc8c(c7)oc7cc9ccccc9cc78)n6)c5)c4)n3)cc21. The molecule has 0 fully saturated rings. The second kappa shape index (κ2) is 15.6. The first-order valence-corrected chi connectivity index (χ1v) is 23.0. The molecule has 6 heteroatoms. The maximum atomic E-state index is 6.47. The Labute approximate surface area is 393 Å². The first-order valence-electron chi connectivity index (χ1n) is 23.0. The van der Waals surface area contributed by atoms with E-state index in [0.29, 0.717) is 23.3 Å². The molecule has 0 aliphatic heterocycles. The predicted molar refractivity (Wildman–Crippen MR) is 276 cm³/mol. The maximum absolute atomic E-state index is 6.47. The largest absolute Gasteiger partial charge is 0.456 e. The Morgan fingerprint density at radius 1 is 0.309 bits per heavy atom. The fraction of sp³-hybridized carbons (Fsp3) is 0.0484. The van der Waals surface area contributed by atoms with E-state index in [1.807, 2.05) is 42.5 Å². The smallest absolute Gasteiger partial charge is 0.164 e. The van der Waals surface area contributed by atoms with Crippen LogP contribution in [0, 0.1) is 0 Å². The molecule has 320 valence electrons. The fourth-order valence-electron chi connectivity index (χ4n) is 9.97. The standard InChI is InChI=1S/C62H41N5O/c1-62(2)52-26-12-11-25-48(52)49-29-27-46(34-53(49)62)59-63-54(38-15-5-3-6-16-38)37-55(64-59)44-23-13-21-40(31-44)41-22-14-24-45(32-41)60-65-58(39-17-7-4-8-18-39)66-61(67-60)47-28-30-50-51-33-42-19-9-10-20-43(42)35-57(51)68-56(50)36-47/h3-37H,1-2H3. The summed E-state index contributed by atoms with van der Waals surface area (Å²) in [5.41, 5.74) is 16.1. The monoisotopic (exact) mass is 871 g/mol. The van der Waals surface area contributed by atoms with E-state index in [2.05, 4.69) is 184 Å². The van der Waals surface area contributed by atoms with Gasteiger partial charge in [-0.2, -0.15) is 0 Å². The van der Waals surface area contributed by atoms with Crippen molar-refractivity contribution < 1.29 is 4.42 Å². The minimum absolute atomic E-state index is 0.142. The van der Waals surface area contributed by atoms with Crippen molar-refractivity contribution in [1.82, 2.24) is 24.9 Å². The topological polar surface area (TPSA) is 77.6 Å². The molecule has 3 heterocycles. The summed E-state index contributed by atoms with van der Waals surface area (Å²) in [6.07, 6.45) is 0. The predicted octanol–water partition coefficient (Wildman–Crippen LogP) is 15.7. The number of nitrogens with zero attached hydrogens (tertiary/aromatic N) is 5. The summed E-state index contributed by atoms with van der Waals surface area (Å²) in [5.74, 6) is 2.44. The summed E-state index contributed by atoms with van der Waals surface area (Å²) < 4.78 is 6.47. The van der Waals surface area contributed by atoms with Crippen LogP contribution in [0.1, 0.15) is 25.0 Å². The Balaban J connectivity index is 0.889. The molecule has 13 rings (SSSR count). The lowest BCUT2D eigenvalue weighted by Gasteiger charge is -2.21. The van der Waals surface area contributed by atoms with Gasteiger partial charge in [-0.3, -0.25) is 0 Å². The second-order valence-electron chi connectivity index (χ2n) is 18.1. The van der Waals surface area contributed by atoms with Gasteiger partial charge in [0.1, 0.15) is 11.2 Å². The van der Waals surface area contributed by atoms with Crippen LogP contribution in [0.2, 0.25) is 0 Å². The van der Waals surface area contributed by atoms with Crippen LogP contribution >= 0.6 is 0 Å². The van der Waals surface area contributed by atoms with Crippen molar-refractivity contribution in [2.45, 2.75) is 19.3 Å². The number of fused-ring (bicyclic) bond motifs is 7. The van der Waals surface area contributed by atoms with Gasteiger partial charge in [0, 0.05) is 49.6 Å². The van der Waals surface area contributed by atoms with E-state index in [-0.39, 0.29) is 5.41 Å². The number of rotatable bonds is 7. The average molecular weight is 872 g/mol. The van der Waals surface area contributed by atoms with Gasteiger partial charge in [-0.25, -0.2) is 24.9 Å². The summed E-state index contributed by atoms with van der Waals surface area (Å²) >= 11 is 0. The van der Waals surface area contributed by atoms with E-state index in [9.17, 15) is 0 Å². The molecule has 0 amide bonds. The fourth-order valence-corrected chi connectivity index (χ4v) is 9.97. The van der Waals surface area contributed by atoms with Crippen LogP contribution in [-0.2, 0) is 5.41 Å². The molecule has 0 spiro atoms. The maximum Gasteiger partial charge on any atom is 0.164 e. The zero-order chi connectivity index (χ0) is 45.3. The molecule has 9 aromatic carbocycles. The van der Waals surface area contributed by atoms with E-state index in [1.54, 1.807) is 0 Å². The zero-order valence-electron chi connectivity index (χ0n) is 37.4. The van der Waals surface area contributed by atoms with Crippen molar-refractivity contribution in [2.75, 3.05) is 0 Å². The van der Waals surface area contributed by atoms with E-state index >= 15 is 0 Å². The van der Waals surface area contributed by atoms with Gasteiger partial charge >= 0.3 is 0 Å². The van der Waals surface area contributed by atoms with Crippen LogP contribution in [0.4, 0.5) is 0 Å². The highest BCUT2D eigenvalue weighted by atomic mass is 16.3. The Morgan fingerprint density at radius 3 is 1.56 bits per heavy atom. The molecule has 3 aromatic heterocycles. The Bertz CT molecular complexity index is 3950. The van der Waals surface area contributed by atoms with Crippen molar-refractivity contribution >= 4 is 32.7 Å². The zero-order valence-corrected chi connectivity index (χ0v) is 37.4. The normalized spacial score (nSPS) is 12.7. The van der Waals surface area contributed by atoms with Crippen molar-refractivity contribution in [3.63, 3.8) is 0 Å². The van der Waals surface area contributed by atoms with Crippen LogP contribution < -0.4 is 0 Å². The van der Waals surface area contributed by atoms with Crippen LogP contribution in [0.25, 0.3) is 123 Å². The van der Waals surface area contributed by atoms with E-state index in [4.69, 9.17) is 29.3 Å². The Hall–Kier alpha value is -8.87. The molecule has 0 N–H and O–H groups in total. The molecule has 68 heavy (non-hydrogen) atoms. The quantitative estimate of drug-likeness (QED) is 0.159. The summed E-state index contributed by atoms with van der Waals surface area (Å²) in [6, 6.07) is 73.9. The first-order chi connectivity index (χ1) is 33.4. The Morgan fingerprint density at radius 2 is 0.809 bits per heavy atom. The second-order valence-corrected chi connectivity index (χ2v) is 18.1. The van der Waals surface area contributed by atoms with Crippen LogP contribution in [0.3, 0.4) is 0 Å². The third kappa shape index (κ3) is 6.76. The lowest BCUT2D eigenvalue weighted by Crippen LogP contribution is -2.15. The van der Waals surface area contributed by atoms with E-state index in [1.165, 1.54) is 27.6 Å². The molecule has 0 atom stereocenters. The van der Waals surface area contributed by atoms with Crippen molar-refractivity contribution in [3.05, 3.63) is 223 Å². The molecule has 0 saturated heterocycles. The lowest BCUT2D eigenvalue weighted by molar-refractivity contribution is 0.660. The van der Waals surface area contributed by atoms with Gasteiger partial charge in [0.25, 0.3) is 0 Å². The van der Waals surface area contributed by atoms with Gasteiger partial charge in [-0.1, -0.05) is 178 Å². The molecule has 1 aliphatic rings. The van der Waals surface area contributed by atoms with Gasteiger partial charge in [0.15, 0.2) is 23.3 Å². The highest BCUT2D eigenvalue weighted by Gasteiger charge is 2.35. The lowest BCUT2D eigenvalue weighted by atomic mass is 9.82. The molecule has 0 bridgehead atoms. The van der Waals surface area contributed by atoms with E-state index in [0.717, 1.165) is 83.2 Å². The minimum atomic E-state index is -0.142. The highest BCUT2D eigenvalue weighted by Crippen LogP contribution is 2.49. The highest BCUT2D eigenvalue weighted by molar-refractivity contribution is 6.10. The van der Waals surface area contributed by atoms with Gasteiger partial charge < -0.3 is 4.42 Å². The van der Waals surface area contributed by atoms with Gasteiger partial charge in [0.2, 0.25) is 0 Å². The number of aromatic nitrogens is 5. The first kappa shape index (κ1) is 39.5. The molecule has 0 unspecified atom stereocenters. The minimum Gasteiger partial charge on any atom is -0.456 e. The van der Waals surface area contributed by atoms with Gasteiger partial charge in [0.05, 0.1) is 11.4 Å². The van der Waals surface area contributed by atoms with Crippen molar-refractivity contribution in [1.29, 1.82) is 0 Å². The van der Waals surface area contributed by atoms with Gasteiger partial charge in [-0.15, -0.1) is 0 Å². The molecule has 12 aromatic rings. The number of furan rings is 1. The summed E-state index contributed by atoms with van der Waals surface area (Å²) in [4.78, 5) is 25.8. The molecule has 0 saturated carbocycles. The molecule has 1 aliphatic carbocycles. The van der Waals surface area contributed by atoms with Crippen LogP contribution in [0.15, 0.2) is 217 Å². The average Bonchev–Trinajstić information content (AvgIpc) is 3.87. The third-order valence-electron chi connectivity index (χ3n) is 13.5. The molecule has 0 radical (unpaired) electrons. The summed E-state index contributed by atoms with van der Waals surface area (Å²) in [6.45, 7) is 4.61. The third-order valence-corrected chi connectivity index (χ3v) is 13.5. The number of hydrogen-bond acceptors (Lipinski definition) is 6. The Kier molecular flexibility index (Phi) is 9.08. The van der Waals surface area contributed by atoms with Crippen LogP contribution in [-0.4, -0.2) is 24.9 Å². The molecule has 6 nitrogen and oxygen atoms in total. The van der Waals surface area contributed by atoms with Crippen molar-refractivity contribution in [2.24, 2.45) is 0 Å². The van der Waals surface area contributed by atoms with E-state index < -0.39 is 0 Å². The number of benzene rings is 9.